The largest absolute Gasteiger partial charge is 0.330 e. The smallest absolute Gasteiger partial charge is 0.243 e. The standard InChI is InChI=1S/C12H20N2O2S/c1-10-4-6-12(7-5-10)17(15,16)14(3)11(2)8-9-13/h4-7,11H,8-9,13H2,1-3H3. The number of nitrogens with zero attached hydrogens (tertiary/aromatic N) is 1. The summed E-state index contributed by atoms with van der Waals surface area (Å²) in [6, 6.07) is 6.78. The van der Waals surface area contributed by atoms with Crippen molar-refractivity contribution in [2.24, 2.45) is 5.73 Å². The molecular formula is C12H20N2O2S. The zero-order valence-corrected chi connectivity index (χ0v) is 11.4. The van der Waals surface area contributed by atoms with E-state index in [9.17, 15) is 8.42 Å². The number of aryl methyl sites for hydroxylation is 1. The zero-order valence-electron chi connectivity index (χ0n) is 10.6. The summed E-state index contributed by atoms with van der Waals surface area (Å²) in [5.41, 5.74) is 6.49. The van der Waals surface area contributed by atoms with E-state index < -0.39 is 10.0 Å². The zero-order chi connectivity index (χ0) is 13.1. The molecule has 0 saturated carbocycles. The molecule has 1 atom stereocenters. The molecule has 1 aromatic carbocycles. The fraction of sp³-hybridized carbons (Fsp3) is 0.500. The van der Waals surface area contributed by atoms with Crippen molar-refractivity contribution < 1.29 is 8.42 Å². The number of benzene rings is 1. The van der Waals surface area contributed by atoms with Gasteiger partial charge in [0.05, 0.1) is 4.90 Å². The summed E-state index contributed by atoms with van der Waals surface area (Å²) in [5.74, 6) is 0. The summed E-state index contributed by atoms with van der Waals surface area (Å²) >= 11 is 0. The highest BCUT2D eigenvalue weighted by Gasteiger charge is 2.24. The van der Waals surface area contributed by atoms with Crippen molar-refractivity contribution in [2.75, 3.05) is 13.6 Å². The summed E-state index contributed by atoms with van der Waals surface area (Å²) in [4.78, 5) is 0.328. The van der Waals surface area contributed by atoms with Gasteiger partial charge in [0.2, 0.25) is 10.0 Å². The average molecular weight is 256 g/mol. The first-order valence-electron chi connectivity index (χ1n) is 5.64. The Balaban J connectivity index is 2.98. The Kier molecular flexibility index (Phi) is 4.68. The van der Waals surface area contributed by atoms with Crippen molar-refractivity contribution in [3.05, 3.63) is 29.8 Å². The third-order valence-corrected chi connectivity index (χ3v) is 4.89. The third-order valence-electron chi connectivity index (χ3n) is 2.90. The summed E-state index contributed by atoms with van der Waals surface area (Å²) in [6.07, 6.45) is 0.654. The Morgan fingerprint density at radius 2 is 1.82 bits per heavy atom. The van der Waals surface area contributed by atoms with E-state index >= 15 is 0 Å². The fourth-order valence-electron chi connectivity index (χ4n) is 1.54. The molecular weight excluding hydrogens is 236 g/mol. The van der Waals surface area contributed by atoms with Crippen molar-refractivity contribution in [1.82, 2.24) is 4.31 Å². The Bertz CT molecular complexity index is 454. The van der Waals surface area contributed by atoms with Crippen molar-refractivity contribution in [3.8, 4) is 0 Å². The van der Waals surface area contributed by atoms with Crippen LogP contribution in [0.15, 0.2) is 29.2 Å². The van der Waals surface area contributed by atoms with Crippen LogP contribution in [0.2, 0.25) is 0 Å². The van der Waals surface area contributed by atoms with Crippen LogP contribution in [0, 0.1) is 6.92 Å². The molecule has 0 saturated heterocycles. The molecule has 1 aromatic rings. The van der Waals surface area contributed by atoms with Gasteiger partial charge in [-0.15, -0.1) is 0 Å². The molecule has 4 nitrogen and oxygen atoms in total. The van der Waals surface area contributed by atoms with Crippen LogP contribution >= 0.6 is 0 Å². The molecule has 0 bridgehead atoms. The lowest BCUT2D eigenvalue weighted by atomic mass is 10.2. The molecule has 96 valence electrons. The Morgan fingerprint density at radius 3 is 2.29 bits per heavy atom. The topological polar surface area (TPSA) is 63.4 Å². The molecule has 0 aliphatic rings. The first-order valence-corrected chi connectivity index (χ1v) is 7.08. The molecule has 0 amide bonds. The molecule has 2 N–H and O–H groups in total. The number of sulfonamides is 1. The van der Waals surface area contributed by atoms with Gasteiger partial charge in [0.15, 0.2) is 0 Å². The van der Waals surface area contributed by atoms with Gasteiger partial charge >= 0.3 is 0 Å². The quantitative estimate of drug-likeness (QED) is 0.865. The van der Waals surface area contributed by atoms with Crippen LogP contribution in [0.4, 0.5) is 0 Å². The average Bonchev–Trinajstić information content (AvgIpc) is 2.29. The van der Waals surface area contributed by atoms with Crippen LogP contribution in [-0.4, -0.2) is 32.4 Å². The van der Waals surface area contributed by atoms with Crippen molar-refractivity contribution in [2.45, 2.75) is 31.2 Å². The lowest BCUT2D eigenvalue weighted by Crippen LogP contribution is -2.36. The van der Waals surface area contributed by atoms with Gasteiger partial charge in [-0.2, -0.15) is 4.31 Å². The van der Waals surface area contributed by atoms with E-state index in [1.165, 1.54) is 4.31 Å². The highest BCUT2D eigenvalue weighted by atomic mass is 32.2. The van der Waals surface area contributed by atoms with E-state index in [1.807, 2.05) is 13.8 Å². The van der Waals surface area contributed by atoms with Gasteiger partial charge in [-0.1, -0.05) is 17.7 Å². The van der Waals surface area contributed by atoms with Gasteiger partial charge in [-0.25, -0.2) is 8.42 Å². The van der Waals surface area contributed by atoms with Gasteiger partial charge in [0.25, 0.3) is 0 Å². The lowest BCUT2D eigenvalue weighted by Gasteiger charge is -2.23. The number of hydrogen-bond donors (Lipinski definition) is 1. The molecule has 17 heavy (non-hydrogen) atoms. The van der Waals surface area contributed by atoms with Crippen molar-refractivity contribution in [1.29, 1.82) is 0 Å². The third kappa shape index (κ3) is 3.28. The van der Waals surface area contributed by atoms with E-state index in [1.54, 1.807) is 31.3 Å². The van der Waals surface area contributed by atoms with Gasteiger partial charge in [0, 0.05) is 13.1 Å². The molecule has 0 spiro atoms. The minimum atomic E-state index is -3.40. The SMILES string of the molecule is Cc1ccc(S(=O)(=O)N(C)C(C)CCN)cc1. The maximum Gasteiger partial charge on any atom is 0.243 e. The number of rotatable bonds is 5. The van der Waals surface area contributed by atoms with Crippen LogP contribution in [0.25, 0.3) is 0 Å². The van der Waals surface area contributed by atoms with Gasteiger partial charge in [-0.05, 0) is 38.9 Å². The monoisotopic (exact) mass is 256 g/mol. The molecule has 0 heterocycles. The van der Waals surface area contributed by atoms with E-state index in [0.717, 1.165) is 5.56 Å². The normalized spacial score (nSPS) is 13.9. The summed E-state index contributed by atoms with van der Waals surface area (Å²) in [6.45, 7) is 4.27. The predicted molar refractivity (Wildman–Crippen MR) is 69.3 cm³/mol. The highest BCUT2D eigenvalue weighted by molar-refractivity contribution is 7.89. The minimum absolute atomic E-state index is 0.0914. The highest BCUT2D eigenvalue weighted by Crippen LogP contribution is 2.17. The summed E-state index contributed by atoms with van der Waals surface area (Å²) < 4.78 is 25.9. The second kappa shape index (κ2) is 5.62. The van der Waals surface area contributed by atoms with Crippen LogP contribution in [0.1, 0.15) is 18.9 Å². The van der Waals surface area contributed by atoms with Crippen molar-refractivity contribution in [3.63, 3.8) is 0 Å². The van der Waals surface area contributed by atoms with E-state index in [2.05, 4.69) is 0 Å². The van der Waals surface area contributed by atoms with E-state index in [-0.39, 0.29) is 6.04 Å². The maximum absolute atomic E-state index is 12.2. The van der Waals surface area contributed by atoms with Crippen LogP contribution in [0.3, 0.4) is 0 Å². The lowest BCUT2D eigenvalue weighted by molar-refractivity contribution is 0.374. The Hall–Kier alpha value is -0.910. The molecule has 0 fully saturated rings. The van der Waals surface area contributed by atoms with Crippen LogP contribution < -0.4 is 5.73 Å². The summed E-state index contributed by atoms with van der Waals surface area (Å²) in [5, 5.41) is 0. The first-order chi connectivity index (χ1) is 7.89. The molecule has 0 aliphatic heterocycles. The molecule has 0 aromatic heterocycles. The van der Waals surface area contributed by atoms with Gasteiger partial charge < -0.3 is 5.73 Å². The number of hydrogen-bond acceptors (Lipinski definition) is 3. The van der Waals surface area contributed by atoms with Crippen LogP contribution in [0.5, 0.6) is 0 Å². The number of nitrogens with two attached hydrogens (primary N) is 1. The Labute approximate surface area is 103 Å². The molecule has 1 rings (SSSR count). The van der Waals surface area contributed by atoms with Gasteiger partial charge in [0.1, 0.15) is 0 Å². The van der Waals surface area contributed by atoms with E-state index in [4.69, 9.17) is 5.73 Å². The Morgan fingerprint density at radius 1 is 1.29 bits per heavy atom. The predicted octanol–water partition coefficient (Wildman–Crippen LogP) is 1.35. The molecule has 0 aliphatic carbocycles. The maximum atomic E-state index is 12.2. The first kappa shape index (κ1) is 14.2. The minimum Gasteiger partial charge on any atom is -0.330 e. The molecule has 1 unspecified atom stereocenters. The van der Waals surface area contributed by atoms with E-state index in [0.29, 0.717) is 17.9 Å². The second-order valence-electron chi connectivity index (χ2n) is 4.26. The van der Waals surface area contributed by atoms with Crippen molar-refractivity contribution >= 4 is 10.0 Å². The molecule has 0 radical (unpaired) electrons. The summed E-state index contributed by atoms with van der Waals surface area (Å²) in [7, 11) is -1.81. The fourth-order valence-corrected chi connectivity index (χ4v) is 2.93. The molecule has 5 heteroatoms. The van der Waals surface area contributed by atoms with Crippen LogP contribution in [-0.2, 0) is 10.0 Å². The van der Waals surface area contributed by atoms with Gasteiger partial charge in [-0.3, -0.25) is 0 Å². The second-order valence-corrected chi connectivity index (χ2v) is 6.26.